The lowest BCUT2D eigenvalue weighted by Crippen LogP contribution is -2.30. The quantitative estimate of drug-likeness (QED) is 0.502. The Morgan fingerprint density at radius 2 is 1.90 bits per heavy atom. The van der Waals surface area contributed by atoms with Crippen LogP contribution in [0.3, 0.4) is 0 Å². The number of sulfonamides is 1. The Bertz CT molecular complexity index is 1020. The van der Waals surface area contributed by atoms with Crippen molar-refractivity contribution in [1.29, 1.82) is 0 Å². The summed E-state index contributed by atoms with van der Waals surface area (Å²) in [6.07, 6.45) is 1.51. The summed E-state index contributed by atoms with van der Waals surface area (Å²) in [7, 11) is -0.858. The lowest BCUT2D eigenvalue weighted by atomic mass is 10.2. The van der Waals surface area contributed by atoms with E-state index in [9.17, 15) is 22.9 Å². The van der Waals surface area contributed by atoms with Gasteiger partial charge in [-0.2, -0.15) is 4.31 Å². The van der Waals surface area contributed by atoms with Crippen LogP contribution in [0.5, 0.6) is 5.75 Å². The summed E-state index contributed by atoms with van der Waals surface area (Å²) in [5.74, 6) is -0.406. The first-order chi connectivity index (χ1) is 13.7. The molecule has 0 atom stereocenters. The summed E-state index contributed by atoms with van der Waals surface area (Å²) in [5.41, 5.74) is 0.628. The van der Waals surface area contributed by atoms with Gasteiger partial charge in [0, 0.05) is 38.8 Å². The molecule has 1 fully saturated rings. The van der Waals surface area contributed by atoms with Gasteiger partial charge in [-0.05, 0) is 36.6 Å². The van der Waals surface area contributed by atoms with Gasteiger partial charge in [0.2, 0.25) is 10.0 Å². The molecular weight excluding hydrogens is 401 g/mol. The number of anilines is 1. The van der Waals surface area contributed by atoms with Gasteiger partial charge in [-0.1, -0.05) is 6.07 Å². The Kier molecular flexibility index (Phi) is 6.04. The van der Waals surface area contributed by atoms with Crippen LogP contribution >= 0.6 is 0 Å². The summed E-state index contributed by atoms with van der Waals surface area (Å²) in [4.78, 5) is 12.1. The van der Waals surface area contributed by atoms with E-state index in [2.05, 4.69) is 0 Å². The van der Waals surface area contributed by atoms with E-state index < -0.39 is 20.8 Å². The highest BCUT2D eigenvalue weighted by Gasteiger charge is 2.31. The number of hydrogen-bond donors (Lipinski definition) is 0. The highest BCUT2D eigenvalue weighted by Crippen LogP contribution is 2.33. The van der Waals surface area contributed by atoms with Gasteiger partial charge in [0.25, 0.3) is 5.69 Å². The normalized spacial score (nSPS) is 14.7. The highest BCUT2D eigenvalue weighted by molar-refractivity contribution is 7.89. The fourth-order valence-corrected chi connectivity index (χ4v) is 5.15. The average Bonchev–Trinajstić information content (AvgIpc) is 3.23. The molecule has 0 N–H and O–H groups in total. The molecule has 1 saturated heterocycles. The number of methoxy groups -OCH3 is 1. The topological polar surface area (TPSA) is 93.0 Å². The first-order valence-corrected chi connectivity index (χ1v) is 10.5. The molecule has 0 saturated carbocycles. The first kappa shape index (κ1) is 21.0. The van der Waals surface area contributed by atoms with Gasteiger partial charge in [0.15, 0.2) is 11.6 Å². The molecule has 0 aromatic heterocycles. The fraction of sp³-hybridized carbons (Fsp3) is 0.368. The molecule has 8 nitrogen and oxygen atoms in total. The van der Waals surface area contributed by atoms with E-state index in [1.54, 1.807) is 18.0 Å². The van der Waals surface area contributed by atoms with Crippen molar-refractivity contribution in [3.63, 3.8) is 0 Å². The molecule has 2 aromatic carbocycles. The predicted molar refractivity (Wildman–Crippen MR) is 106 cm³/mol. The van der Waals surface area contributed by atoms with E-state index in [1.807, 2.05) is 0 Å². The van der Waals surface area contributed by atoms with Crippen LogP contribution in [0.4, 0.5) is 15.8 Å². The lowest BCUT2D eigenvalue weighted by molar-refractivity contribution is -0.385. The third-order valence-electron chi connectivity index (χ3n) is 4.88. The number of hydrogen-bond acceptors (Lipinski definition) is 6. The maximum Gasteiger partial charge on any atom is 0.270 e. The van der Waals surface area contributed by atoms with Gasteiger partial charge in [0.1, 0.15) is 4.90 Å². The molecule has 2 aromatic rings. The number of nitro groups is 1. The summed E-state index contributed by atoms with van der Waals surface area (Å²) in [5, 5.41) is 11.2. The van der Waals surface area contributed by atoms with Crippen molar-refractivity contribution in [2.45, 2.75) is 24.3 Å². The number of rotatable bonds is 7. The van der Waals surface area contributed by atoms with Crippen molar-refractivity contribution in [3.8, 4) is 5.75 Å². The largest absolute Gasteiger partial charge is 0.494 e. The minimum atomic E-state index is -3.89. The van der Waals surface area contributed by atoms with Crippen LogP contribution in [0.15, 0.2) is 41.3 Å². The molecular formula is C19H22FN3O5S. The van der Waals surface area contributed by atoms with Gasteiger partial charge in [-0.3, -0.25) is 10.1 Å². The molecule has 3 rings (SSSR count). The van der Waals surface area contributed by atoms with Crippen molar-refractivity contribution in [1.82, 2.24) is 4.31 Å². The van der Waals surface area contributed by atoms with Crippen LogP contribution in [-0.2, 0) is 16.6 Å². The summed E-state index contributed by atoms with van der Waals surface area (Å²) in [6.45, 7) is 0.983. The van der Waals surface area contributed by atoms with E-state index in [1.165, 1.54) is 35.7 Å². The SMILES string of the molecule is COc1ccc(CN(C)c2ccc([N+](=O)[O-])cc2S(=O)(=O)N2CCCC2)cc1F. The minimum absolute atomic E-state index is 0.115. The van der Waals surface area contributed by atoms with E-state index >= 15 is 0 Å². The highest BCUT2D eigenvalue weighted by atomic mass is 32.2. The zero-order valence-electron chi connectivity index (χ0n) is 16.2. The second-order valence-electron chi connectivity index (χ2n) is 6.85. The van der Waals surface area contributed by atoms with Crippen LogP contribution in [0.25, 0.3) is 0 Å². The third kappa shape index (κ3) is 4.33. The standard InChI is InChI=1S/C19H22FN3O5S/c1-21(13-14-5-8-18(28-2)16(20)11-14)17-7-6-15(23(24)25)12-19(17)29(26,27)22-9-3-4-10-22/h5-8,11-12H,3-4,9-10,13H2,1-2H3. The van der Waals surface area contributed by atoms with Crippen molar-refractivity contribution < 1.29 is 22.5 Å². The number of nitro benzene ring substituents is 1. The van der Waals surface area contributed by atoms with E-state index in [-0.39, 0.29) is 22.9 Å². The van der Waals surface area contributed by atoms with Gasteiger partial charge >= 0.3 is 0 Å². The zero-order valence-corrected chi connectivity index (χ0v) is 17.0. The van der Waals surface area contributed by atoms with Crippen LogP contribution < -0.4 is 9.64 Å². The monoisotopic (exact) mass is 423 g/mol. The predicted octanol–water partition coefficient (Wildman–Crippen LogP) is 3.16. The Balaban J connectivity index is 1.99. The van der Waals surface area contributed by atoms with Crippen molar-refractivity contribution in [3.05, 3.63) is 57.9 Å². The zero-order chi connectivity index (χ0) is 21.2. The number of ether oxygens (including phenoxy) is 1. The summed E-state index contributed by atoms with van der Waals surface area (Å²) in [6, 6.07) is 8.27. The minimum Gasteiger partial charge on any atom is -0.494 e. The molecule has 0 spiro atoms. The van der Waals surface area contributed by atoms with E-state index in [0.717, 1.165) is 18.9 Å². The molecule has 1 heterocycles. The van der Waals surface area contributed by atoms with Crippen molar-refractivity contribution in [2.75, 3.05) is 32.1 Å². The van der Waals surface area contributed by atoms with Crippen molar-refractivity contribution in [2.24, 2.45) is 0 Å². The average molecular weight is 423 g/mol. The summed E-state index contributed by atoms with van der Waals surface area (Å²) < 4.78 is 46.5. The van der Waals surface area contributed by atoms with Gasteiger partial charge in [-0.25, -0.2) is 12.8 Å². The van der Waals surface area contributed by atoms with Gasteiger partial charge in [0.05, 0.1) is 17.7 Å². The second kappa shape index (κ2) is 8.34. The molecule has 0 bridgehead atoms. The van der Waals surface area contributed by atoms with E-state index in [4.69, 9.17) is 4.74 Å². The first-order valence-electron chi connectivity index (χ1n) is 9.06. The van der Waals surface area contributed by atoms with E-state index in [0.29, 0.717) is 24.3 Å². The smallest absolute Gasteiger partial charge is 0.270 e. The molecule has 0 aliphatic carbocycles. The lowest BCUT2D eigenvalue weighted by Gasteiger charge is -2.25. The Labute approximate surface area is 168 Å². The number of nitrogens with zero attached hydrogens (tertiary/aromatic N) is 3. The number of halogens is 1. The van der Waals surface area contributed by atoms with Crippen LogP contribution in [-0.4, -0.2) is 44.9 Å². The molecule has 10 heteroatoms. The maximum absolute atomic E-state index is 14.0. The molecule has 0 radical (unpaired) electrons. The Hall–Kier alpha value is -2.72. The second-order valence-corrected chi connectivity index (χ2v) is 8.75. The van der Waals surface area contributed by atoms with Crippen LogP contribution in [0, 0.1) is 15.9 Å². The Morgan fingerprint density at radius 1 is 1.21 bits per heavy atom. The maximum atomic E-state index is 14.0. The fourth-order valence-electron chi connectivity index (χ4n) is 3.37. The molecule has 0 unspecified atom stereocenters. The van der Waals surface area contributed by atoms with Gasteiger partial charge in [-0.15, -0.1) is 0 Å². The number of non-ortho nitro benzene ring substituents is 1. The molecule has 0 amide bonds. The molecule has 1 aliphatic rings. The molecule has 29 heavy (non-hydrogen) atoms. The van der Waals surface area contributed by atoms with Crippen LogP contribution in [0.1, 0.15) is 18.4 Å². The third-order valence-corrected chi connectivity index (χ3v) is 6.81. The van der Waals surface area contributed by atoms with Crippen LogP contribution in [0.2, 0.25) is 0 Å². The molecule has 156 valence electrons. The van der Waals surface area contributed by atoms with Gasteiger partial charge < -0.3 is 9.64 Å². The van der Waals surface area contributed by atoms with Crippen molar-refractivity contribution >= 4 is 21.4 Å². The summed E-state index contributed by atoms with van der Waals surface area (Å²) >= 11 is 0. The molecule has 1 aliphatic heterocycles. The number of benzene rings is 2. The Morgan fingerprint density at radius 3 is 2.48 bits per heavy atom.